The van der Waals surface area contributed by atoms with Crippen LogP contribution >= 0.6 is 11.8 Å². The molecule has 0 fully saturated rings. The molecule has 32 heavy (non-hydrogen) atoms. The average molecular weight is 453 g/mol. The summed E-state index contributed by atoms with van der Waals surface area (Å²) in [4.78, 5) is 20.5. The number of rotatable bonds is 7. The molecule has 5 nitrogen and oxygen atoms in total. The lowest BCUT2D eigenvalue weighted by molar-refractivity contribution is -0.137. The highest BCUT2D eigenvalue weighted by Crippen LogP contribution is 2.46. The first-order chi connectivity index (χ1) is 15.1. The lowest BCUT2D eigenvalue weighted by Gasteiger charge is -2.42. The number of aromatic nitrogens is 2. The van der Waals surface area contributed by atoms with Crippen molar-refractivity contribution in [2.75, 3.05) is 5.75 Å². The van der Waals surface area contributed by atoms with Gasteiger partial charge in [-0.05, 0) is 56.4 Å². The van der Waals surface area contributed by atoms with E-state index in [4.69, 9.17) is 9.84 Å². The molecule has 1 aromatic carbocycles. The fraction of sp³-hybridized carbons (Fsp3) is 0.500. The van der Waals surface area contributed by atoms with Gasteiger partial charge in [-0.1, -0.05) is 32.6 Å². The molecular formula is C26H32N2O3S. The summed E-state index contributed by atoms with van der Waals surface area (Å²) in [6, 6.07) is 4.33. The second-order valence-electron chi connectivity index (χ2n) is 9.44. The lowest BCUT2D eigenvalue weighted by atomic mass is 9.73. The Labute approximate surface area is 195 Å². The minimum atomic E-state index is -0.766. The molecule has 2 aromatic rings. The molecule has 0 saturated heterocycles. The largest absolute Gasteiger partial charge is 0.487 e. The normalized spacial score (nSPS) is 15.8. The maximum atomic E-state index is 10.6. The van der Waals surface area contributed by atoms with Gasteiger partial charge in [-0.25, -0.2) is 9.97 Å². The van der Waals surface area contributed by atoms with Crippen molar-refractivity contribution in [2.24, 2.45) is 0 Å². The van der Waals surface area contributed by atoms with Gasteiger partial charge in [-0.3, -0.25) is 4.79 Å². The van der Waals surface area contributed by atoms with Gasteiger partial charge < -0.3 is 9.84 Å². The quantitative estimate of drug-likeness (QED) is 0.334. The zero-order valence-electron chi connectivity index (χ0n) is 19.6. The van der Waals surface area contributed by atoms with Crippen molar-refractivity contribution >= 4 is 17.7 Å². The second-order valence-corrected chi connectivity index (χ2v) is 10.7. The van der Waals surface area contributed by atoms with Crippen LogP contribution in [0.15, 0.2) is 29.4 Å². The number of carboxylic acids is 1. The van der Waals surface area contributed by atoms with Gasteiger partial charge in [0, 0.05) is 41.3 Å². The van der Waals surface area contributed by atoms with Crippen LogP contribution in [-0.4, -0.2) is 32.4 Å². The highest BCUT2D eigenvalue weighted by atomic mass is 32.2. The molecule has 1 N–H and O–H groups in total. The van der Waals surface area contributed by atoms with Crippen molar-refractivity contribution in [1.29, 1.82) is 0 Å². The lowest BCUT2D eigenvalue weighted by Crippen LogP contribution is -2.41. The minimum Gasteiger partial charge on any atom is -0.487 e. The third-order valence-electron chi connectivity index (χ3n) is 5.45. The summed E-state index contributed by atoms with van der Waals surface area (Å²) in [5.41, 5.74) is 2.79. The van der Waals surface area contributed by atoms with E-state index in [0.29, 0.717) is 12.8 Å². The molecule has 0 aliphatic carbocycles. The van der Waals surface area contributed by atoms with E-state index in [2.05, 4.69) is 68.6 Å². The Kier molecular flexibility index (Phi) is 7.51. The summed E-state index contributed by atoms with van der Waals surface area (Å²) in [7, 11) is 0. The number of carbonyl (C=O) groups is 1. The number of aliphatic carboxylic acids is 1. The maximum Gasteiger partial charge on any atom is 0.303 e. The number of benzene rings is 1. The van der Waals surface area contributed by atoms with Gasteiger partial charge in [0.2, 0.25) is 0 Å². The summed E-state index contributed by atoms with van der Waals surface area (Å²) in [6.45, 7) is 11.0. The van der Waals surface area contributed by atoms with Crippen molar-refractivity contribution in [3.05, 3.63) is 47.0 Å². The fourth-order valence-corrected chi connectivity index (χ4v) is 5.05. The molecule has 0 bridgehead atoms. The molecule has 0 spiro atoms. The van der Waals surface area contributed by atoms with Gasteiger partial charge in [-0.15, -0.1) is 11.8 Å². The van der Waals surface area contributed by atoms with Gasteiger partial charge >= 0.3 is 5.97 Å². The van der Waals surface area contributed by atoms with Gasteiger partial charge in [0.15, 0.2) is 0 Å². The second kappa shape index (κ2) is 9.95. The van der Waals surface area contributed by atoms with E-state index in [1.807, 2.05) is 0 Å². The molecule has 3 rings (SSSR count). The first-order valence-corrected chi connectivity index (χ1v) is 12.1. The topological polar surface area (TPSA) is 72.3 Å². The Morgan fingerprint density at radius 2 is 1.88 bits per heavy atom. The summed E-state index contributed by atoms with van der Waals surface area (Å²) in [5.74, 6) is 8.42. The predicted molar refractivity (Wildman–Crippen MR) is 128 cm³/mol. The minimum absolute atomic E-state index is 0.00826. The van der Waals surface area contributed by atoms with E-state index in [-0.39, 0.29) is 17.4 Å². The summed E-state index contributed by atoms with van der Waals surface area (Å²) < 4.78 is 6.31. The van der Waals surface area contributed by atoms with Crippen LogP contribution in [0.3, 0.4) is 0 Å². The summed E-state index contributed by atoms with van der Waals surface area (Å²) in [5, 5.41) is 8.72. The SMILES string of the molecule is CCSc1cc2c(cc1C#Cc1cnc(CCCCC(=O)O)nc1)C(C)(C)CC(C)(C)O2. The van der Waals surface area contributed by atoms with Gasteiger partial charge in [0.05, 0.1) is 5.56 Å². The highest BCUT2D eigenvalue weighted by molar-refractivity contribution is 7.99. The zero-order valence-corrected chi connectivity index (χ0v) is 20.4. The van der Waals surface area contributed by atoms with Crippen LogP contribution in [-0.2, 0) is 16.6 Å². The van der Waals surface area contributed by atoms with E-state index in [1.165, 1.54) is 5.56 Å². The molecule has 1 aliphatic rings. The van der Waals surface area contributed by atoms with E-state index < -0.39 is 5.97 Å². The van der Waals surface area contributed by atoms with Crippen LogP contribution in [0.4, 0.5) is 0 Å². The number of hydrogen-bond donors (Lipinski definition) is 1. The standard InChI is InChI=1S/C26H32N2O3S/c1-6-32-22-14-21-20(25(2,3)17-26(4,5)31-21)13-19(22)12-11-18-15-27-23(28-16-18)9-7-8-10-24(29)30/h13-16H,6-10,17H2,1-5H3,(H,29,30). The number of thioether (sulfide) groups is 1. The Bertz CT molecular complexity index is 1030. The number of aryl methyl sites for hydroxylation is 1. The van der Waals surface area contributed by atoms with Crippen molar-refractivity contribution in [3.63, 3.8) is 0 Å². The highest BCUT2D eigenvalue weighted by Gasteiger charge is 2.39. The third kappa shape index (κ3) is 6.26. The number of hydrogen-bond acceptors (Lipinski definition) is 5. The zero-order chi connectivity index (χ0) is 23.4. The molecule has 1 aliphatic heterocycles. The van der Waals surface area contributed by atoms with Crippen LogP contribution in [0.1, 0.15) is 82.8 Å². The van der Waals surface area contributed by atoms with E-state index >= 15 is 0 Å². The first-order valence-electron chi connectivity index (χ1n) is 11.1. The van der Waals surface area contributed by atoms with Crippen molar-refractivity contribution < 1.29 is 14.6 Å². The predicted octanol–water partition coefficient (Wildman–Crippen LogP) is 5.62. The number of unbranched alkanes of at least 4 members (excludes halogenated alkanes) is 1. The molecular weight excluding hydrogens is 420 g/mol. The number of carboxylic acid groups (broad SMARTS) is 1. The smallest absolute Gasteiger partial charge is 0.303 e. The molecule has 1 aromatic heterocycles. The van der Waals surface area contributed by atoms with Crippen molar-refractivity contribution in [1.82, 2.24) is 9.97 Å². The molecule has 2 heterocycles. The Morgan fingerprint density at radius 3 is 2.53 bits per heavy atom. The number of ether oxygens (including phenoxy) is 1. The fourth-order valence-electron chi connectivity index (χ4n) is 4.29. The average Bonchev–Trinajstić information content (AvgIpc) is 2.69. The van der Waals surface area contributed by atoms with Crippen molar-refractivity contribution in [3.8, 4) is 17.6 Å². The molecule has 0 atom stereocenters. The van der Waals surface area contributed by atoms with Crippen LogP contribution in [0.25, 0.3) is 0 Å². The molecule has 0 unspecified atom stereocenters. The molecule has 0 amide bonds. The van der Waals surface area contributed by atoms with E-state index in [1.54, 1.807) is 24.2 Å². The Balaban J connectivity index is 1.81. The van der Waals surface area contributed by atoms with Gasteiger partial charge in [-0.2, -0.15) is 0 Å². The molecule has 0 radical (unpaired) electrons. The van der Waals surface area contributed by atoms with Crippen molar-refractivity contribution in [2.45, 2.75) is 82.6 Å². The first kappa shape index (κ1) is 24.1. The number of nitrogens with zero attached hydrogens (tertiary/aromatic N) is 2. The molecule has 0 saturated carbocycles. The summed E-state index contributed by atoms with van der Waals surface area (Å²) >= 11 is 1.77. The third-order valence-corrected chi connectivity index (χ3v) is 6.39. The monoisotopic (exact) mass is 452 g/mol. The van der Waals surface area contributed by atoms with Crippen LogP contribution in [0.2, 0.25) is 0 Å². The van der Waals surface area contributed by atoms with Gasteiger partial charge in [0.25, 0.3) is 0 Å². The van der Waals surface area contributed by atoms with Crippen LogP contribution in [0.5, 0.6) is 5.75 Å². The van der Waals surface area contributed by atoms with E-state index in [0.717, 1.165) is 46.2 Å². The van der Waals surface area contributed by atoms with Crippen LogP contribution < -0.4 is 4.74 Å². The Hall–Kier alpha value is -2.52. The molecule has 6 heteroatoms. The Morgan fingerprint density at radius 1 is 1.16 bits per heavy atom. The van der Waals surface area contributed by atoms with Crippen LogP contribution in [0, 0.1) is 11.8 Å². The van der Waals surface area contributed by atoms with Gasteiger partial charge in [0.1, 0.15) is 17.2 Å². The molecule has 170 valence electrons. The number of fused-ring (bicyclic) bond motifs is 1. The van der Waals surface area contributed by atoms with E-state index in [9.17, 15) is 4.79 Å². The maximum absolute atomic E-state index is 10.6. The summed E-state index contributed by atoms with van der Waals surface area (Å²) in [6.07, 6.45) is 6.69.